The normalized spacial score (nSPS) is 19.6. The van der Waals surface area contributed by atoms with Crippen molar-refractivity contribution in [1.82, 2.24) is 20.4 Å². The minimum Gasteiger partial charge on any atom is -0.391 e. The number of nitrogens with one attached hydrogen (secondary N) is 1. The second-order valence-corrected chi connectivity index (χ2v) is 7.41. The van der Waals surface area contributed by atoms with Gasteiger partial charge in [0.2, 0.25) is 11.7 Å². The van der Waals surface area contributed by atoms with E-state index in [9.17, 15) is 9.90 Å². The lowest BCUT2D eigenvalue weighted by Gasteiger charge is -2.27. The topological polar surface area (TPSA) is 104 Å². The van der Waals surface area contributed by atoms with Crippen molar-refractivity contribution in [1.29, 1.82) is 0 Å². The third kappa shape index (κ3) is 4.10. The number of carbonyl (C=O) groups excluding carboxylic acids is 1. The van der Waals surface area contributed by atoms with Crippen molar-refractivity contribution in [2.45, 2.75) is 51.2 Å². The minimum atomic E-state index is -0.833. The highest BCUT2D eigenvalue weighted by molar-refractivity contribution is 5.81. The van der Waals surface area contributed by atoms with Crippen LogP contribution >= 0.6 is 0 Å². The number of nitrogens with zero attached hydrogens (tertiary/aromatic N) is 4. The van der Waals surface area contributed by atoms with E-state index in [2.05, 4.69) is 25.3 Å². The molecule has 2 fully saturated rings. The van der Waals surface area contributed by atoms with Crippen LogP contribution < -0.4 is 10.2 Å². The summed E-state index contributed by atoms with van der Waals surface area (Å²) < 4.78 is 5.32. The van der Waals surface area contributed by atoms with E-state index >= 15 is 0 Å². The number of aliphatic hydroxyl groups excluding tert-OH is 1. The average Bonchev–Trinajstić information content (AvgIpc) is 3.44. The molecule has 8 heteroatoms. The average molecular weight is 371 g/mol. The molecule has 0 aromatic carbocycles. The highest BCUT2D eigenvalue weighted by Gasteiger charge is 2.34. The predicted molar refractivity (Wildman–Crippen MR) is 98.9 cm³/mol. The van der Waals surface area contributed by atoms with E-state index < -0.39 is 12.1 Å². The van der Waals surface area contributed by atoms with E-state index in [0.29, 0.717) is 5.82 Å². The fourth-order valence-corrected chi connectivity index (χ4v) is 3.31. The molecule has 1 saturated carbocycles. The van der Waals surface area contributed by atoms with E-state index in [-0.39, 0.29) is 17.7 Å². The van der Waals surface area contributed by atoms with Crippen LogP contribution in [0, 0.1) is 5.92 Å². The van der Waals surface area contributed by atoms with Crippen LogP contribution in [-0.2, 0) is 4.79 Å². The number of amides is 1. The first-order valence-corrected chi connectivity index (χ1v) is 9.65. The van der Waals surface area contributed by atoms with Crippen LogP contribution in [0.4, 0.5) is 5.82 Å². The van der Waals surface area contributed by atoms with Gasteiger partial charge in [0.05, 0.1) is 6.10 Å². The van der Waals surface area contributed by atoms with E-state index in [1.165, 1.54) is 19.3 Å². The van der Waals surface area contributed by atoms with Crippen LogP contribution in [-0.4, -0.2) is 45.3 Å². The van der Waals surface area contributed by atoms with Gasteiger partial charge in [-0.25, -0.2) is 4.98 Å². The third-order valence-corrected chi connectivity index (χ3v) is 5.12. The summed E-state index contributed by atoms with van der Waals surface area (Å²) >= 11 is 0. The number of pyridine rings is 1. The summed E-state index contributed by atoms with van der Waals surface area (Å²) in [5.74, 6) is 1.53. The van der Waals surface area contributed by atoms with Crippen molar-refractivity contribution in [3.8, 4) is 11.4 Å². The Morgan fingerprint density at radius 3 is 2.70 bits per heavy atom. The Morgan fingerprint density at radius 1 is 1.30 bits per heavy atom. The minimum absolute atomic E-state index is 0.0418. The summed E-state index contributed by atoms with van der Waals surface area (Å²) in [6.45, 7) is 3.67. The third-order valence-electron chi connectivity index (χ3n) is 5.12. The van der Waals surface area contributed by atoms with Crippen LogP contribution in [0.1, 0.15) is 51.0 Å². The van der Waals surface area contributed by atoms with Gasteiger partial charge in [0, 0.05) is 30.8 Å². The number of piperidine rings is 1. The van der Waals surface area contributed by atoms with E-state index in [0.717, 1.165) is 37.3 Å². The van der Waals surface area contributed by atoms with Gasteiger partial charge in [-0.2, -0.15) is 4.98 Å². The van der Waals surface area contributed by atoms with Crippen molar-refractivity contribution in [3.63, 3.8) is 0 Å². The number of carbonyl (C=O) groups is 1. The number of hydrogen-bond donors (Lipinski definition) is 2. The molecule has 2 N–H and O–H groups in total. The molecular formula is C19H25N5O3. The molecule has 144 valence electrons. The second-order valence-electron chi connectivity index (χ2n) is 7.41. The second kappa shape index (κ2) is 7.64. The van der Waals surface area contributed by atoms with Crippen LogP contribution in [0.3, 0.4) is 0 Å². The van der Waals surface area contributed by atoms with E-state index in [1.807, 2.05) is 12.1 Å². The SMILES string of the molecule is C[C@H](O)[C@@H](NC(=O)C1CC1)c1nc(-c2ccc(N3CCCCC3)nc2)no1. The Morgan fingerprint density at radius 2 is 2.07 bits per heavy atom. The summed E-state index contributed by atoms with van der Waals surface area (Å²) in [7, 11) is 0. The van der Waals surface area contributed by atoms with Crippen LogP contribution in [0.15, 0.2) is 22.9 Å². The maximum atomic E-state index is 12.0. The van der Waals surface area contributed by atoms with Crippen LogP contribution in [0.5, 0.6) is 0 Å². The molecule has 2 aromatic rings. The van der Waals surface area contributed by atoms with Gasteiger partial charge in [0.1, 0.15) is 11.9 Å². The maximum absolute atomic E-state index is 12.0. The summed E-state index contributed by atoms with van der Waals surface area (Å²) in [5, 5.41) is 16.8. The van der Waals surface area contributed by atoms with Crippen molar-refractivity contribution in [2.24, 2.45) is 5.92 Å². The summed E-state index contributed by atoms with van der Waals surface area (Å²) in [6, 6.07) is 3.18. The van der Waals surface area contributed by atoms with Gasteiger partial charge in [-0.1, -0.05) is 5.16 Å². The number of aliphatic hydroxyl groups is 1. The summed E-state index contributed by atoms with van der Waals surface area (Å²) in [5.41, 5.74) is 0.739. The van der Waals surface area contributed by atoms with Gasteiger partial charge in [-0.15, -0.1) is 0 Å². The quantitative estimate of drug-likeness (QED) is 0.801. The van der Waals surface area contributed by atoms with Gasteiger partial charge in [-0.05, 0) is 51.2 Å². The zero-order valence-corrected chi connectivity index (χ0v) is 15.5. The van der Waals surface area contributed by atoms with E-state index in [4.69, 9.17) is 4.52 Å². The molecule has 2 aliphatic rings. The Bertz CT molecular complexity index is 779. The van der Waals surface area contributed by atoms with Crippen molar-refractivity contribution in [3.05, 3.63) is 24.2 Å². The lowest BCUT2D eigenvalue weighted by molar-refractivity contribution is -0.124. The molecule has 1 aliphatic carbocycles. The largest absolute Gasteiger partial charge is 0.391 e. The Labute approximate surface area is 158 Å². The highest BCUT2D eigenvalue weighted by atomic mass is 16.5. The number of anilines is 1. The van der Waals surface area contributed by atoms with Crippen LogP contribution in [0.25, 0.3) is 11.4 Å². The van der Waals surface area contributed by atoms with Gasteiger partial charge < -0.3 is 19.8 Å². The van der Waals surface area contributed by atoms with Gasteiger partial charge in [-0.3, -0.25) is 4.79 Å². The molecule has 3 heterocycles. The molecule has 0 unspecified atom stereocenters. The number of aromatic nitrogens is 3. The van der Waals surface area contributed by atoms with Gasteiger partial charge >= 0.3 is 0 Å². The molecule has 1 saturated heterocycles. The monoisotopic (exact) mass is 371 g/mol. The Hall–Kier alpha value is -2.48. The summed E-state index contributed by atoms with van der Waals surface area (Å²) in [6.07, 6.45) is 6.36. The zero-order chi connectivity index (χ0) is 18.8. The van der Waals surface area contributed by atoms with Gasteiger partial charge in [0.15, 0.2) is 0 Å². The smallest absolute Gasteiger partial charge is 0.252 e. The molecule has 4 rings (SSSR count). The zero-order valence-electron chi connectivity index (χ0n) is 15.5. The molecule has 0 radical (unpaired) electrons. The molecule has 0 bridgehead atoms. The fourth-order valence-electron chi connectivity index (χ4n) is 3.31. The predicted octanol–water partition coefficient (Wildman–Crippen LogP) is 2.07. The molecule has 8 nitrogen and oxygen atoms in total. The molecule has 0 spiro atoms. The first-order chi connectivity index (χ1) is 13.1. The number of rotatable bonds is 6. The molecule has 1 amide bonds. The first kappa shape index (κ1) is 17.9. The van der Waals surface area contributed by atoms with Crippen molar-refractivity contribution in [2.75, 3.05) is 18.0 Å². The molecule has 27 heavy (non-hydrogen) atoms. The van der Waals surface area contributed by atoms with Crippen LogP contribution in [0.2, 0.25) is 0 Å². The van der Waals surface area contributed by atoms with Crippen molar-refractivity contribution >= 4 is 11.7 Å². The highest BCUT2D eigenvalue weighted by Crippen LogP contribution is 2.30. The summed E-state index contributed by atoms with van der Waals surface area (Å²) in [4.78, 5) is 23.2. The lowest BCUT2D eigenvalue weighted by atomic mass is 10.1. The Balaban J connectivity index is 1.48. The van der Waals surface area contributed by atoms with Gasteiger partial charge in [0.25, 0.3) is 5.89 Å². The molecule has 1 aliphatic heterocycles. The molecular weight excluding hydrogens is 346 g/mol. The van der Waals surface area contributed by atoms with E-state index in [1.54, 1.807) is 13.1 Å². The number of hydrogen-bond acceptors (Lipinski definition) is 7. The maximum Gasteiger partial charge on any atom is 0.252 e. The first-order valence-electron chi connectivity index (χ1n) is 9.65. The fraction of sp³-hybridized carbons (Fsp3) is 0.579. The standard InChI is InChI=1S/C19H25N5O3/c1-12(25)16(21-18(26)13-5-6-13)19-22-17(23-27-19)14-7-8-15(20-11-14)24-9-3-2-4-10-24/h7-8,11-13,16,25H,2-6,9-10H2,1H3,(H,21,26)/t12-,16+/m0/s1. The Kier molecular flexibility index (Phi) is 5.07. The lowest BCUT2D eigenvalue weighted by Crippen LogP contribution is -2.36. The molecule has 2 atom stereocenters. The van der Waals surface area contributed by atoms with Crippen molar-refractivity contribution < 1.29 is 14.4 Å². The molecule has 2 aromatic heterocycles.